The molecule has 6 nitrogen and oxygen atoms in total. The van der Waals surface area contributed by atoms with Crippen molar-refractivity contribution in [2.45, 2.75) is 56.3 Å². The van der Waals surface area contributed by atoms with Crippen molar-refractivity contribution in [2.75, 3.05) is 6.54 Å². The molecule has 1 aromatic heterocycles. The van der Waals surface area contributed by atoms with Crippen molar-refractivity contribution < 1.29 is 9.90 Å². The molecule has 2 aliphatic heterocycles. The molecule has 5 rings (SSSR count). The highest BCUT2D eigenvalue weighted by Gasteiger charge is 2.41. The Kier molecular flexibility index (Phi) is 5.17. The van der Waals surface area contributed by atoms with Gasteiger partial charge in [0.2, 0.25) is 0 Å². The number of hydrogen-bond acceptors (Lipinski definition) is 3. The summed E-state index contributed by atoms with van der Waals surface area (Å²) in [5, 5.41) is 12.0. The molecular formula is C24H28N4O2. The number of fused-ring (bicyclic) bond motifs is 3. The van der Waals surface area contributed by atoms with E-state index in [-0.39, 0.29) is 6.04 Å². The quantitative estimate of drug-likeness (QED) is 0.630. The average molecular weight is 405 g/mol. The summed E-state index contributed by atoms with van der Waals surface area (Å²) in [7, 11) is 0. The third-order valence-electron chi connectivity index (χ3n) is 6.91. The molecular weight excluding hydrogens is 376 g/mol. The number of piperidine rings is 1. The van der Waals surface area contributed by atoms with Crippen LogP contribution >= 0.6 is 0 Å². The van der Waals surface area contributed by atoms with E-state index >= 15 is 0 Å². The fourth-order valence-corrected chi connectivity index (χ4v) is 5.54. The fraction of sp³-hybridized carbons (Fsp3) is 0.417. The second-order valence-corrected chi connectivity index (χ2v) is 8.59. The maximum absolute atomic E-state index is 11.3. The molecule has 2 saturated heterocycles. The van der Waals surface area contributed by atoms with Gasteiger partial charge in [0, 0.05) is 24.7 Å². The molecule has 4 atom stereocenters. The zero-order valence-electron chi connectivity index (χ0n) is 17.0. The molecule has 2 aromatic carbocycles. The van der Waals surface area contributed by atoms with Crippen molar-refractivity contribution in [3.63, 3.8) is 0 Å². The van der Waals surface area contributed by atoms with E-state index in [2.05, 4.69) is 38.0 Å². The predicted octanol–water partition coefficient (Wildman–Crippen LogP) is 4.60. The van der Waals surface area contributed by atoms with Gasteiger partial charge >= 0.3 is 6.09 Å². The molecule has 0 aliphatic carbocycles. The largest absolute Gasteiger partial charge is 0.465 e. The Morgan fingerprint density at radius 3 is 2.47 bits per heavy atom. The van der Waals surface area contributed by atoms with Crippen molar-refractivity contribution in [1.82, 2.24) is 19.8 Å². The van der Waals surface area contributed by atoms with Crippen molar-refractivity contribution in [3.05, 3.63) is 66.5 Å². The Morgan fingerprint density at radius 2 is 1.73 bits per heavy atom. The van der Waals surface area contributed by atoms with Crippen LogP contribution in [0, 0.1) is 0 Å². The number of rotatable bonds is 6. The van der Waals surface area contributed by atoms with Gasteiger partial charge in [0.15, 0.2) is 0 Å². The van der Waals surface area contributed by atoms with Crippen LogP contribution in [0.5, 0.6) is 0 Å². The van der Waals surface area contributed by atoms with Crippen LogP contribution in [0.25, 0.3) is 11.0 Å². The lowest BCUT2D eigenvalue weighted by atomic mass is 9.95. The SMILES string of the molecule is O=C(O)N[C@@H](CCN1[C@@H]2CC[C@H]1C[C@@H](n1cnc3ccccc31)C2)c1ccccc1. The molecule has 0 spiro atoms. The van der Waals surface area contributed by atoms with E-state index in [0.717, 1.165) is 36.9 Å². The first-order valence-electron chi connectivity index (χ1n) is 10.9. The molecule has 2 N–H and O–H groups in total. The number of aromatic nitrogens is 2. The summed E-state index contributed by atoms with van der Waals surface area (Å²) in [4.78, 5) is 18.5. The molecule has 3 heterocycles. The number of nitrogens with zero attached hydrogens (tertiary/aromatic N) is 3. The molecule has 1 amide bonds. The number of carboxylic acid groups (broad SMARTS) is 1. The molecule has 3 aromatic rings. The first kappa shape index (κ1) is 19.1. The summed E-state index contributed by atoms with van der Waals surface area (Å²) in [6.07, 6.45) is 6.58. The maximum atomic E-state index is 11.3. The number of benzene rings is 2. The lowest BCUT2D eigenvalue weighted by Crippen LogP contribution is -2.44. The fourth-order valence-electron chi connectivity index (χ4n) is 5.54. The maximum Gasteiger partial charge on any atom is 0.405 e. The minimum Gasteiger partial charge on any atom is -0.465 e. The monoisotopic (exact) mass is 404 g/mol. The summed E-state index contributed by atoms with van der Waals surface area (Å²) in [5.74, 6) is 0. The van der Waals surface area contributed by atoms with Gasteiger partial charge in [0.1, 0.15) is 0 Å². The Balaban J connectivity index is 1.28. The minimum atomic E-state index is -0.961. The van der Waals surface area contributed by atoms with Crippen molar-refractivity contribution in [3.8, 4) is 0 Å². The third kappa shape index (κ3) is 3.67. The van der Waals surface area contributed by atoms with Crippen molar-refractivity contribution >= 4 is 17.1 Å². The summed E-state index contributed by atoms with van der Waals surface area (Å²) < 4.78 is 2.37. The molecule has 156 valence electrons. The van der Waals surface area contributed by atoms with Gasteiger partial charge in [0.25, 0.3) is 0 Å². The molecule has 0 unspecified atom stereocenters. The molecule has 2 aliphatic rings. The van der Waals surface area contributed by atoms with Crippen LogP contribution in [0.3, 0.4) is 0 Å². The zero-order chi connectivity index (χ0) is 20.5. The van der Waals surface area contributed by atoms with Crippen LogP contribution in [0.15, 0.2) is 60.9 Å². The van der Waals surface area contributed by atoms with Crippen LogP contribution in [-0.4, -0.2) is 44.3 Å². The van der Waals surface area contributed by atoms with Gasteiger partial charge < -0.3 is 15.0 Å². The van der Waals surface area contributed by atoms with Crippen LogP contribution in [0.4, 0.5) is 4.79 Å². The van der Waals surface area contributed by atoms with Crippen LogP contribution in [0.1, 0.15) is 49.8 Å². The highest BCUT2D eigenvalue weighted by molar-refractivity contribution is 5.75. The highest BCUT2D eigenvalue weighted by Crippen LogP contribution is 2.42. The third-order valence-corrected chi connectivity index (χ3v) is 6.91. The van der Waals surface area contributed by atoms with Gasteiger partial charge in [-0.1, -0.05) is 42.5 Å². The molecule has 30 heavy (non-hydrogen) atoms. The first-order chi connectivity index (χ1) is 14.7. The standard InChI is InChI=1S/C24H28N4O2/c29-24(30)26-21(17-6-2-1-3-7-17)12-13-27-18-10-11-19(27)15-20(14-18)28-16-25-22-8-4-5-9-23(22)28/h1-9,16,18-21,26H,10-15H2,(H,29,30)/t18-,19+,20+,21-/m0/s1. The molecule has 0 radical (unpaired) electrons. The van der Waals surface area contributed by atoms with Crippen molar-refractivity contribution in [2.24, 2.45) is 0 Å². The second-order valence-electron chi connectivity index (χ2n) is 8.59. The van der Waals surface area contributed by atoms with E-state index in [1.807, 2.05) is 42.7 Å². The Labute approximate surface area is 176 Å². The van der Waals surface area contributed by atoms with Crippen LogP contribution in [0.2, 0.25) is 0 Å². The number of hydrogen-bond donors (Lipinski definition) is 2. The van der Waals surface area contributed by atoms with E-state index in [1.54, 1.807) is 0 Å². The Morgan fingerprint density at radius 1 is 1.03 bits per heavy atom. The lowest BCUT2D eigenvalue weighted by Gasteiger charge is -2.40. The van der Waals surface area contributed by atoms with E-state index in [0.29, 0.717) is 18.1 Å². The number of imidazole rings is 1. The predicted molar refractivity (Wildman–Crippen MR) is 116 cm³/mol. The van der Waals surface area contributed by atoms with Gasteiger partial charge in [-0.3, -0.25) is 4.90 Å². The highest BCUT2D eigenvalue weighted by atomic mass is 16.4. The van der Waals surface area contributed by atoms with E-state index < -0.39 is 6.09 Å². The summed E-state index contributed by atoms with van der Waals surface area (Å²) in [5.41, 5.74) is 3.33. The molecule has 6 heteroatoms. The summed E-state index contributed by atoms with van der Waals surface area (Å²) in [6, 6.07) is 19.7. The minimum absolute atomic E-state index is 0.168. The normalized spacial score (nSPS) is 24.7. The lowest BCUT2D eigenvalue weighted by molar-refractivity contribution is 0.103. The summed E-state index contributed by atoms with van der Waals surface area (Å²) >= 11 is 0. The van der Waals surface area contributed by atoms with Gasteiger partial charge in [-0.15, -0.1) is 0 Å². The van der Waals surface area contributed by atoms with Crippen molar-refractivity contribution in [1.29, 1.82) is 0 Å². The summed E-state index contributed by atoms with van der Waals surface area (Å²) in [6.45, 7) is 0.923. The van der Waals surface area contributed by atoms with Gasteiger partial charge in [-0.05, 0) is 49.8 Å². The van der Waals surface area contributed by atoms with E-state index in [1.165, 1.54) is 18.4 Å². The first-order valence-corrected chi connectivity index (χ1v) is 10.9. The number of para-hydroxylation sites is 2. The molecule has 2 bridgehead atoms. The van der Waals surface area contributed by atoms with Gasteiger partial charge in [-0.2, -0.15) is 0 Å². The van der Waals surface area contributed by atoms with Gasteiger partial charge in [-0.25, -0.2) is 9.78 Å². The smallest absolute Gasteiger partial charge is 0.405 e. The number of nitrogens with one attached hydrogen (secondary N) is 1. The number of amides is 1. The zero-order valence-corrected chi connectivity index (χ0v) is 17.0. The van der Waals surface area contributed by atoms with Crippen LogP contribution < -0.4 is 5.32 Å². The molecule has 0 saturated carbocycles. The number of carbonyl (C=O) groups is 1. The van der Waals surface area contributed by atoms with Crippen LogP contribution in [-0.2, 0) is 0 Å². The average Bonchev–Trinajstić information content (AvgIpc) is 3.29. The van der Waals surface area contributed by atoms with E-state index in [4.69, 9.17) is 0 Å². The second kappa shape index (κ2) is 8.11. The topological polar surface area (TPSA) is 70.4 Å². The van der Waals surface area contributed by atoms with E-state index in [9.17, 15) is 9.90 Å². The Bertz CT molecular complexity index is 1000. The van der Waals surface area contributed by atoms with Gasteiger partial charge in [0.05, 0.1) is 23.4 Å². The molecule has 2 fully saturated rings. The Hall–Kier alpha value is -2.86.